The molecule has 2 atom stereocenters. The maximum absolute atomic E-state index is 12.9. The van der Waals surface area contributed by atoms with Crippen molar-refractivity contribution < 1.29 is 28.4 Å². The van der Waals surface area contributed by atoms with Gasteiger partial charge in [0.2, 0.25) is 6.10 Å². The van der Waals surface area contributed by atoms with Crippen LogP contribution in [0.15, 0.2) is 48.5 Å². The molecule has 0 radical (unpaired) electrons. The van der Waals surface area contributed by atoms with Gasteiger partial charge in [-0.2, -0.15) is 0 Å². The number of amides is 1. The number of nitrogens with one attached hydrogen (secondary N) is 1. The highest BCUT2D eigenvalue weighted by atomic mass is 19.1. The Labute approximate surface area is 145 Å². The van der Waals surface area contributed by atoms with Gasteiger partial charge in [-0.25, -0.2) is 9.18 Å². The number of anilines is 1. The van der Waals surface area contributed by atoms with Crippen LogP contribution in [0.4, 0.5) is 10.1 Å². The van der Waals surface area contributed by atoms with Crippen molar-refractivity contribution in [2.24, 2.45) is 0 Å². The number of benzene rings is 2. The first-order valence-corrected chi connectivity index (χ1v) is 7.42. The number of carbonyl (C=O) groups excluding carboxylic acids is 3. The quantitative estimate of drug-likeness (QED) is 0.378. The van der Waals surface area contributed by atoms with Crippen LogP contribution >= 0.6 is 0 Å². The first-order valence-electron chi connectivity index (χ1n) is 7.42. The molecule has 0 fully saturated rings. The number of cyclic esters (lactones) is 1. The number of nitro groups is 1. The van der Waals surface area contributed by atoms with Crippen molar-refractivity contribution in [3.05, 3.63) is 75.6 Å². The summed E-state index contributed by atoms with van der Waals surface area (Å²) in [5, 5.41) is 13.6. The van der Waals surface area contributed by atoms with Gasteiger partial charge in [0.25, 0.3) is 11.7 Å². The maximum atomic E-state index is 12.9. The van der Waals surface area contributed by atoms with Crippen molar-refractivity contribution in [3.63, 3.8) is 0 Å². The average molecular weight is 358 g/mol. The molecule has 1 amide bonds. The molecule has 0 aromatic heterocycles. The number of ketones is 1. The van der Waals surface area contributed by atoms with E-state index in [1.54, 1.807) is 6.07 Å². The van der Waals surface area contributed by atoms with E-state index in [4.69, 9.17) is 4.74 Å². The lowest BCUT2D eigenvalue weighted by molar-refractivity contribution is -0.518. The molecule has 0 spiro atoms. The third-order valence-electron chi connectivity index (χ3n) is 3.83. The number of Topliss-reactive ketones (excluding diaryl/α,β-unsaturated/α-hetero) is 1. The summed E-state index contributed by atoms with van der Waals surface area (Å²) < 4.78 is 17.8. The Morgan fingerprint density at radius 2 is 1.81 bits per heavy atom. The number of rotatable bonds is 5. The molecule has 2 unspecified atom stereocenters. The minimum atomic E-state index is -2.09. The summed E-state index contributed by atoms with van der Waals surface area (Å²) in [6.45, 7) is 0. The Bertz CT molecular complexity index is 912. The van der Waals surface area contributed by atoms with E-state index in [2.05, 4.69) is 5.32 Å². The number of esters is 1. The van der Waals surface area contributed by atoms with Crippen LogP contribution in [0.2, 0.25) is 0 Å². The third-order valence-corrected chi connectivity index (χ3v) is 3.83. The number of halogens is 1. The molecule has 1 aliphatic rings. The smallest absolute Gasteiger partial charge is 0.339 e. The Balaban J connectivity index is 1.85. The molecule has 1 N–H and O–H groups in total. The maximum Gasteiger partial charge on any atom is 0.339 e. The van der Waals surface area contributed by atoms with Gasteiger partial charge in [0.1, 0.15) is 5.82 Å². The minimum absolute atomic E-state index is 0.0932. The number of nitrogens with zero attached hydrogens (tertiary/aromatic N) is 1. The van der Waals surface area contributed by atoms with E-state index >= 15 is 0 Å². The molecule has 1 heterocycles. The van der Waals surface area contributed by atoms with Gasteiger partial charge in [-0.05, 0) is 30.3 Å². The first kappa shape index (κ1) is 17.2. The zero-order valence-corrected chi connectivity index (χ0v) is 13.0. The van der Waals surface area contributed by atoms with Crippen LogP contribution < -0.4 is 5.32 Å². The van der Waals surface area contributed by atoms with E-state index in [9.17, 15) is 28.9 Å². The number of carbonyl (C=O) groups is 3. The molecule has 0 aliphatic carbocycles. The van der Waals surface area contributed by atoms with Crippen LogP contribution in [0.3, 0.4) is 0 Å². The molecule has 8 nitrogen and oxygen atoms in total. The minimum Gasteiger partial charge on any atom is -0.446 e. The van der Waals surface area contributed by atoms with Gasteiger partial charge in [-0.1, -0.05) is 18.2 Å². The molecule has 132 valence electrons. The molecular formula is C17H11FN2O6. The fraction of sp³-hybridized carbons (Fsp3) is 0.118. The second-order valence-electron chi connectivity index (χ2n) is 5.47. The molecule has 1 aliphatic heterocycles. The molecule has 9 heteroatoms. The summed E-state index contributed by atoms with van der Waals surface area (Å²) in [6.07, 6.45) is -1.50. The Morgan fingerprint density at radius 1 is 1.15 bits per heavy atom. The molecule has 0 saturated carbocycles. The predicted octanol–water partition coefficient (Wildman–Crippen LogP) is 1.89. The normalized spacial score (nSPS) is 16.3. The van der Waals surface area contributed by atoms with Crippen molar-refractivity contribution >= 4 is 23.3 Å². The van der Waals surface area contributed by atoms with Crippen LogP contribution in [-0.2, 0) is 14.3 Å². The van der Waals surface area contributed by atoms with E-state index in [0.29, 0.717) is 0 Å². The van der Waals surface area contributed by atoms with Crippen LogP contribution in [0.5, 0.6) is 0 Å². The number of hydrogen-bond acceptors (Lipinski definition) is 6. The summed E-state index contributed by atoms with van der Waals surface area (Å²) in [6, 6.07) is 8.34. The van der Waals surface area contributed by atoms with E-state index in [0.717, 1.165) is 12.1 Å². The van der Waals surface area contributed by atoms with Crippen LogP contribution in [0.25, 0.3) is 0 Å². The van der Waals surface area contributed by atoms with Gasteiger partial charge in [-0.15, -0.1) is 0 Å². The van der Waals surface area contributed by atoms with Gasteiger partial charge in [-0.3, -0.25) is 19.7 Å². The zero-order chi connectivity index (χ0) is 18.8. The van der Waals surface area contributed by atoms with E-state index in [1.165, 1.54) is 30.3 Å². The third kappa shape index (κ3) is 3.14. The summed E-state index contributed by atoms with van der Waals surface area (Å²) in [7, 11) is 0. The second kappa shape index (κ2) is 6.71. The Morgan fingerprint density at radius 3 is 2.46 bits per heavy atom. The van der Waals surface area contributed by atoms with Crippen molar-refractivity contribution in [1.29, 1.82) is 0 Å². The average Bonchev–Trinajstić information content (AvgIpc) is 2.94. The van der Waals surface area contributed by atoms with Crippen molar-refractivity contribution in [2.45, 2.75) is 12.1 Å². The van der Waals surface area contributed by atoms with Crippen molar-refractivity contribution in [2.75, 3.05) is 5.32 Å². The fourth-order valence-corrected chi connectivity index (χ4v) is 2.61. The SMILES string of the molecule is O=C(Nc1ccc(F)cc1)C(=O)C(C1OC(=O)c2ccccc21)[N+](=O)[O-]. The van der Waals surface area contributed by atoms with Gasteiger partial charge in [0, 0.05) is 16.2 Å². The predicted molar refractivity (Wildman–Crippen MR) is 85.4 cm³/mol. The van der Waals surface area contributed by atoms with Gasteiger partial charge >= 0.3 is 12.0 Å². The molecule has 0 saturated heterocycles. The highest BCUT2D eigenvalue weighted by Crippen LogP contribution is 2.34. The summed E-state index contributed by atoms with van der Waals surface area (Å²) in [5.41, 5.74) is 0.369. The lowest BCUT2D eigenvalue weighted by Crippen LogP contribution is -2.42. The number of ether oxygens (including phenoxy) is 1. The Kier molecular flexibility index (Phi) is 4.44. The van der Waals surface area contributed by atoms with Crippen LogP contribution in [0, 0.1) is 15.9 Å². The second-order valence-corrected chi connectivity index (χ2v) is 5.47. The van der Waals surface area contributed by atoms with E-state index in [1.807, 2.05) is 0 Å². The molecule has 26 heavy (non-hydrogen) atoms. The topological polar surface area (TPSA) is 116 Å². The van der Waals surface area contributed by atoms with Gasteiger partial charge in [0.15, 0.2) is 0 Å². The Hall–Kier alpha value is -3.62. The lowest BCUT2D eigenvalue weighted by atomic mass is 9.97. The molecule has 3 rings (SSSR count). The molecule has 2 aromatic carbocycles. The van der Waals surface area contributed by atoms with Crippen LogP contribution in [-0.4, -0.2) is 28.6 Å². The lowest BCUT2D eigenvalue weighted by Gasteiger charge is -2.15. The highest BCUT2D eigenvalue weighted by Gasteiger charge is 2.49. The first-order chi connectivity index (χ1) is 12.4. The van der Waals surface area contributed by atoms with Crippen molar-refractivity contribution in [3.8, 4) is 0 Å². The largest absolute Gasteiger partial charge is 0.446 e. The molecule has 0 bridgehead atoms. The van der Waals surface area contributed by atoms with Crippen molar-refractivity contribution in [1.82, 2.24) is 0 Å². The van der Waals surface area contributed by atoms with Gasteiger partial charge in [0.05, 0.1) is 5.56 Å². The van der Waals surface area contributed by atoms with Crippen LogP contribution in [0.1, 0.15) is 22.0 Å². The van der Waals surface area contributed by atoms with E-state index < -0.39 is 40.5 Å². The van der Waals surface area contributed by atoms with E-state index in [-0.39, 0.29) is 16.8 Å². The number of fused-ring (bicyclic) bond motifs is 1. The fourth-order valence-electron chi connectivity index (χ4n) is 2.61. The summed E-state index contributed by atoms with van der Waals surface area (Å²) in [4.78, 5) is 46.7. The molecule has 2 aromatic rings. The monoisotopic (exact) mass is 358 g/mol. The van der Waals surface area contributed by atoms with Gasteiger partial charge < -0.3 is 10.1 Å². The summed E-state index contributed by atoms with van der Waals surface area (Å²) >= 11 is 0. The molecular weight excluding hydrogens is 347 g/mol. The summed E-state index contributed by atoms with van der Waals surface area (Å²) in [5.74, 6) is -4.00. The number of hydrogen-bond donors (Lipinski definition) is 1. The standard InChI is InChI=1S/C17H11FN2O6/c18-9-5-7-10(8-6-9)19-16(22)14(21)13(20(24)25)15-11-3-1-2-4-12(11)17(23)26-15/h1-8,13,15H,(H,19,22). The highest BCUT2D eigenvalue weighted by molar-refractivity contribution is 6.42. The zero-order valence-electron chi connectivity index (χ0n) is 13.0.